The van der Waals surface area contributed by atoms with Crippen molar-refractivity contribution in [3.8, 4) is 0 Å². The molecule has 0 bridgehead atoms. The number of aryl methyl sites for hydroxylation is 1. The van der Waals surface area contributed by atoms with E-state index in [9.17, 15) is 18.0 Å². The molecule has 0 saturated heterocycles. The maximum absolute atomic E-state index is 12.7. The lowest BCUT2D eigenvalue weighted by Crippen LogP contribution is -2.24. The average Bonchev–Trinajstić information content (AvgIpc) is 2.31. The molecule has 0 N–H and O–H groups in total. The summed E-state index contributed by atoms with van der Waals surface area (Å²) in [6, 6.07) is 3.19. The van der Waals surface area contributed by atoms with Crippen LogP contribution in [0.2, 0.25) is 0 Å². The molecule has 0 fully saturated rings. The first-order valence-corrected chi connectivity index (χ1v) is 6.20. The minimum absolute atomic E-state index is 0.0205. The summed E-state index contributed by atoms with van der Waals surface area (Å²) in [6.45, 7) is 1.88. The monoisotopic (exact) mass is 368 g/mol. The SMILES string of the molecule is CCc1ccn2c(=O)c(I)c(C(F)(F)F)nc2c1. The van der Waals surface area contributed by atoms with Crippen molar-refractivity contribution in [3.63, 3.8) is 0 Å². The molecule has 18 heavy (non-hydrogen) atoms. The Bertz CT molecular complexity index is 664. The van der Waals surface area contributed by atoms with Crippen molar-refractivity contribution in [3.05, 3.63) is 43.5 Å². The molecule has 0 radical (unpaired) electrons. The topological polar surface area (TPSA) is 34.4 Å². The van der Waals surface area contributed by atoms with Crippen LogP contribution in [0.25, 0.3) is 5.65 Å². The van der Waals surface area contributed by atoms with Gasteiger partial charge in [0.05, 0.1) is 0 Å². The maximum atomic E-state index is 12.7. The Labute approximate surface area is 114 Å². The van der Waals surface area contributed by atoms with Crippen molar-refractivity contribution >= 4 is 28.2 Å². The van der Waals surface area contributed by atoms with Crippen LogP contribution in [0.5, 0.6) is 0 Å². The molecule has 3 nitrogen and oxygen atoms in total. The van der Waals surface area contributed by atoms with Crippen LogP contribution in [0.3, 0.4) is 0 Å². The van der Waals surface area contributed by atoms with Crippen molar-refractivity contribution in [2.45, 2.75) is 19.5 Å². The summed E-state index contributed by atoms with van der Waals surface area (Å²) in [6.07, 6.45) is -2.50. The van der Waals surface area contributed by atoms with Crippen LogP contribution in [0.4, 0.5) is 13.2 Å². The zero-order valence-corrected chi connectivity index (χ0v) is 11.4. The first kappa shape index (κ1) is 13.3. The van der Waals surface area contributed by atoms with Crippen LogP contribution >= 0.6 is 22.6 Å². The highest BCUT2D eigenvalue weighted by atomic mass is 127. The van der Waals surface area contributed by atoms with Gasteiger partial charge >= 0.3 is 6.18 Å². The van der Waals surface area contributed by atoms with Crippen LogP contribution in [0, 0.1) is 3.57 Å². The van der Waals surface area contributed by atoms with Crippen LogP contribution in [0.15, 0.2) is 23.1 Å². The second kappa shape index (κ2) is 4.52. The molecule has 0 amide bonds. The molecular formula is C11H8F3IN2O. The van der Waals surface area contributed by atoms with Gasteiger partial charge in [0.1, 0.15) is 9.22 Å². The fraction of sp³-hybridized carbons (Fsp3) is 0.273. The molecule has 2 aromatic heterocycles. The number of hydrogen-bond donors (Lipinski definition) is 0. The Hall–Kier alpha value is -1.12. The molecule has 0 aromatic carbocycles. The molecule has 0 aliphatic heterocycles. The predicted octanol–water partition coefficient (Wildman–Crippen LogP) is 2.88. The Morgan fingerprint density at radius 3 is 2.67 bits per heavy atom. The number of pyridine rings is 1. The van der Waals surface area contributed by atoms with Gasteiger partial charge in [0.2, 0.25) is 0 Å². The number of aromatic nitrogens is 2. The molecule has 0 unspecified atom stereocenters. The molecule has 0 aliphatic rings. The van der Waals surface area contributed by atoms with E-state index in [4.69, 9.17) is 0 Å². The van der Waals surface area contributed by atoms with Crippen molar-refractivity contribution in [1.29, 1.82) is 0 Å². The van der Waals surface area contributed by atoms with Crippen LogP contribution in [-0.2, 0) is 12.6 Å². The van der Waals surface area contributed by atoms with Gasteiger partial charge in [-0.3, -0.25) is 9.20 Å². The van der Waals surface area contributed by atoms with Gasteiger partial charge in [-0.05, 0) is 46.7 Å². The highest BCUT2D eigenvalue weighted by molar-refractivity contribution is 14.1. The summed E-state index contributed by atoms with van der Waals surface area (Å²) in [4.78, 5) is 15.4. The van der Waals surface area contributed by atoms with Gasteiger partial charge in [-0.15, -0.1) is 0 Å². The first-order valence-electron chi connectivity index (χ1n) is 5.12. The Morgan fingerprint density at radius 2 is 2.11 bits per heavy atom. The van der Waals surface area contributed by atoms with E-state index in [1.807, 2.05) is 6.92 Å². The van der Waals surface area contributed by atoms with Crippen molar-refractivity contribution in [1.82, 2.24) is 9.38 Å². The van der Waals surface area contributed by atoms with Gasteiger partial charge in [0, 0.05) is 6.20 Å². The maximum Gasteiger partial charge on any atom is 0.434 e. The molecule has 7 heteroatoms. The molecule has 96 valence electrons. The zero-order valence-electron chi connectivity index (χ0n) is 9.25. The van der Waals surface area contributed by atoms with Crippen LogP contribution in [0.1, 0.15) is 18.2 Å². The van der Waals surface area contributed by atoms with E-state index in [1.54, 1.807) is 6.07 Å². The average molecular weight is 368 g/mol. The zero-order chi connectivity index (χ0) is 13.5. The molecule has 0 saturated carbocycles. The van der Waals surface area contributed by atoms with E-state index in [1.165, 1.54) is 34.9 Å². The largest absolute Gasteiger partial charge is 0.434 e. The van der Waals surface area contributed by atoms with Gasteiger partial charge in [-0.2, -0.15) is 13.2 Å². The number of halogens is 4. The van der Waals surface area contributed by atoms with Gasteiger partial charge < -0.3 is 0 Å². The lowest BCUT2D eigenvalue weighted by molar-refractivity contribution is -0.141. The summed E-state index contributed by atoms with van der Waals surface area (Å²) in [5.41, 5.74) is -0.972. The number of fused-ring (bicyclic) bond motifs is 1. The Balaban J connectivity index is 2.84. The Kier molecular flexibility index (Phi) is 3.35. The minimum atomic E-state index is -4.62. The van der Waals surface area contributed by atoms with E-state index in [0.29, 0.717) is 6.42 Å². The molecule has 2 rings (SSSR count). The number of hydrogen-bond acceptors (Lipinski definition) is 2. The van der Waals surface area contributed by atoms with Crippen molar-refractivity contribution in [2.75, 3.05) is 0 Å². The minimum Gasteiger partial charge on any atom is -0.268 e. The van der Waals surface area contributed by atoms with E-state index in [2.05, 4.69) is 4.98 Å². The highest BCUT2D eigenvalue weighted by Crippen LogP contribution is 2.30. The van der Waals surface area contributed by atoms with E-state index < -0.39 is 21.0 Å². The number of alkyl halides is 3. The summed E-state index contributed by atoms with van der Waals surface area (Å²) >= 11 is 1.38. The lowest BCUT2D eigenvalue weighted by Gasteiger charge is -2.10. The van der Waals surface area contributed by atoms with E-state index in [-0.39, 0.29) is 5.65 Å². The highest BCUT2D eigenvalue weighted by Gasteiger charge is 2.36. The molecule has 0 atom stereocenters. The fourth-order valence-corrected chi connectivity index (χ4v) is 2.25. The number of rotatable bonds is 1. The van der Waals surface area contributed by atoms with E-state index >= 15 is 0 Å². The van der Waals surface area contributed by atoms with Crippen LogP contribution in [-0.4, -0.2) is 9.38 Å². The summed E-state index contributed by atoms with van der Waals surface area (Å²) in [5, 5.41) is 0. The first-order chi connectivity index (χ1) is 8.34. The van der Waals surface area contributed by atoms with Gasteiger partial charge in [0.25, 0.3) is 5.56 Å². The third-order valence-corrected chi connectivity index (χ3v) is 3.49. The molecule has 0 spiro atoms. The quantitative estimate of drug-likeness (QED) is 0.726. The van der Waals surface area contributed by atoms with Crippen molar-refractivity contribution in [2.24, 2.45) is 0 Å². The smallest absolute Gasteiger partial charge is 0.268 e. The molecule has 0 aliphatic carbocycles. The second-order valence-electron chi connectivity index (χ2n) is 3.69. The second-order valence-corrected chi connectivity index (χ2v) is 4.77. The number of nitrogens with zero attached hydrogens (tertiary/aromatic N) is 2. The third-order valence-electron chi connectivity index (χ3n) is 2.52. The van der Waals surface area contributed by atoms with Crippen LogP contribution < -0.4 is 5.56 Å². The lowest BCUT2D eigenvalue weighted by atomic mass is 10.2. The molecular weight excluding hydrogens is 360 g/mol. The standard InChI is InChI=1S/C11H8F3IN2O/c1-2-6-3-4-17-7(5-6)16-9(11(12,13)14)8(15)10(17)18/h3-5H,2H2,1H3. The predicted molar refractivity (Wildman–Crippen MR) is 68.6 cm³/mol. The molecule has 2 heterocycles. The summed E-state index contributed by atoms with van der Waals surface area (Å²) in [7, 11) is 0. The summed E-state index contributed by atoms with van der Waals surface area (Å²) < 4.78 is 38.9. The van der Waals surface area contributed by atoms with Gasteiger partial charge in [0.15, 0.2) is 5.69 Å². The van der Waals surface area contributed by atoms with Gasteiger partial charge in [-0.1, -0.05) is 6.92 Å². The molecule has 2 aromatic rings. The van der Waals surface area contributed by atoms with Gasteiger partial charge in [-0.25, -0.2) is 4.98 Å². The van der Waals surface area contributed by atoms with E-state index in [0.717, 1.165) is 9.96 Å². The third kappa shape index (κ3) is 2.23. The fourth-order valence-electron chi connectivity index (χ4n) is 1.57. The normalized spacial score (nSPS) is 12.1. The Morgan fingerprint density at radius 1 is 1.44 bits per heavy atom. The van der Waals surface area contributed by atoms with Crippen molar-refractivity contribution < 1.29 is 13.2 Å². The summed E-state index contributed by atoms with van der Waals surface area (Å²) in [5.74, 6) is 0.